The molecule has 0 aliphatic rings. The predicted octanol–water partition coefficient (Wildman–Crippen LogP) is 4.55. The average molecular weight is 391 g/mol. The van der Waals surface area contributed by atoms with Crippen molar-refractivity contribution in [3.63, 3.8) is 0 Å². The van der Waals surface area contributed by atoms with Gasteiger partial charge in [-0.05, 0) is 12.0 Å². The summed E-state index contributed by atoms with van der Waals surface area (Å²) in [6, 6.07) is 17.5. The van der Waals surface area contributed by atoms with Gasteiger partial charge in [-0.2, -0.15) is 18.4 Å². The van der Waals surface area contributed by atoms with Crippen molar-refractivity contribution >= 4 is 5.97 Å². The Bertz CT molecular complexity index is 803. The molecule has 148 valence electrons. The molecule has 2 aromatic rings. The van der Waals surface area contributed by atoms with E-state index in [1.807, 2.05) is 6.07 Å². The molecule has 0 radical (unpaired) electrons. The van der Waals surface area contributed by atoms with Crippen LogP contribution in [-0.4, -0.2) is 25.4 Å². The first-order valence-corrected chi connectivity index (χ1v) is 8.64. The molecule has 0 bridgehead atoms. The number of methoxy groups -OCH3 is 1. The molecule has 0 amide bonds. The molecular formula is C21H20F3NO3. The van der Waals surface area contributed by atoms with Crippen molar-refractivity contribution in [3.8, 4) is 6.07 Å². The Morgan fingerprint density at radius 3 is 2.14 bits per heavy atom. The molecule has 7 heteroatoms. The fraction of sp³-hybridized carbons (Fsp3) is 0.333. The lowest BCUT2D eigenvalue weighted by molar-refractivity contribution is -0.278. The number of nitrogens with zero attached hydrogens (tertiary/aromatic N) is 1. The maximum Gasteiger partial charge on any atom is 0.432 e. The molecular weight excluding hydrogens is 371 g/mol. The van der Waals surface area contributed by atoms with E-state index >= 15 is 0 Å². The van der Waals surface area contributed by atoms with Gasteiger partial charge in [-0.25, -0.2) is 4.79 Å². The summed E-state index contributed by atoms with van der Waals surface area (Å²) < 4.78 is 51.9. The number of carbonyl (C=O) groups is 1. The molecule has 0 aliphatic carbocycles. The summed E-state index contributed by atoms with van der Waals surface area (Å²) in [6.45, 7) is 0. The molecule has 0 saturated carbocycles. The maximum atomic E-state index is 14.0. The summed E-state index contributed by atoms with van der Waals surface area (Å²) in [5.74, 6) is -1.55. The van der Waals surface area contributed by atoms with Crippen molar-refractivity contribution in [1.29, 1.82) is 5.26 Å². The number of hydrogen-bond acceptors (Lipinski definition) is 4. The van der Waals surface area contributed by atoms with Crippen molar-refractivity contribution in [2.75, 3.05) is 7.11 Å². The third-order valence-electron chi connectivity index (χ3n) is 4.33. The van der Waals surface area contributed by atoms with Crippen LogP contribution >= 0.6 is 0 Å². The topological polar surface area (TPSA) is 59.3 Å². The lowest BCUT2D eigenvalue weighted by Crippen LogP contribution is -2.52. The van der Waals surface area contributed by atoms with E-state index < -0.39 is 23.9 Å². The van der Waals surface area contributed by atoms with Crippen molar-refractivity contribution in [2.45, 2.75) is 37.1 Å². The molecule has 0 spiro atoms. The third-order valence-corrected chi connectivity index (χ3v) is 4.33. The summed E-state index contributed by atoms with van der Waals surface area (Å²) >= 11 is 0. The predicted molar refractivity (Wildman–Crippen MR) is 96.1 cm³/mol. The van der Waals surface area contributed by atoms with E-state index in [1.165, 1.54) is 30.3 Å². The fourth-order valence-corrected chi connectivity index (χ4v) is 2.93. The second-order valence-corrected chi connectivity index (χ2v) is 6.16. The monoisotopic (exact) mass is 391 g/mol. The van der Waals surface area contributed by atoms with Crippen LogP contribution in [0.25, 0.3) is 0 Å². The molecule has 2 aromatic carbocycles. The van der Waals surface area contributed by atoms with Gasteiger partial charge in [0.15, 0.2) is 0 Å². The number of nitriles is 1. The summed E-state index contributed by atoms with van der Waals surface area (Å²) in [5, 5.41) is 8.83. The Morgan fingerprint density at radius 2 is 1.64 bits per heavy atom. The van der Waals surface area contributed by atoms with E-state index in [9.17, 15) is 18.0 Å². The molecule has 2 atom stereocenters. The van der Waals surface area contributed by atoms with Gasteiger partial charge in [-0.1, -0.05) is 60.7 Å². The van der Waals surface area contributed by atoms with Gasteiger partial charge in [0.25, 0.3) is 5.60 Å². The van der Waals surface area contributed by atoms with E-state index in [2.05, 4.69) is 0 Å². The van der Waals surface area contributed by atoms with Crippen LogP contribution in [0.1, 0.15) is 24.0 Å². The van der Waals surface area contributed by atoms with Gasteiger partial charge < -0.3 is 9.47 Å². The van der Waals surface area contributed by atoms with Crippen LogP contribution in [0.15, 0.2) is 60.7 Å². The number of esters is 1. The normalized spacial score (nSPS) is 14.5. The fourth-order valence-electron chi connectivity index (χ4n) is 2.93. The van der Waals surface area contributed by atoms with Gasteiger partial charge in [-0.15, -0.1) is 0 Å². The van der Waals surface area contributed by atoms with E-state index in [0.717, 1.165) is 12.7 Å². The highest BCUT2D eigenvalue weighted by atomic mass is 19.4. The number of alkyl halides is 3. The van der Waals surface area contributed by atoms with Crippen LogP contribution < -0.4 is 0 Å². The van der Waals surface area contributed by atoms with Gasteiger partial charge in [-0.3, -0.25) is 0 Å². The minimum atomic E-state index is -5.04. The first-order valence-electron chi connectivity index (χ1n) is 8.64. The van der Waals surface area contributed by atoms with Crippen molar-refractivity contribution in [3.05, 3.63) is 71.8 Å². The van der Waals surface area contributed by atoms with Crippen molar-refractivity contribution in [2.24, 2.45) is 0 Å². The lowest BCUT2D eigenvalue weighted by Gasteiger charge is -2.33. The number of benzene rings is 2. The Morgan fingerprint density at radius 1 is 1.07 bits per heavy atom. The zero-order valence-corrected chi connectivity index (χ0v) is 15.3. The average Bonchev–Trinajstić information content (AvgIpc) is 2.67. The van der Waals surface area contributed by atoms with Gasteiger partial charge in [0.1, 0.15) is 6.10 Å². The zero-order valence-electron chi connectivity index (χ0n) is 15.3. The minimum absolute atomic E-state index is 0.0438. The third kappa shape index (κ3) is 4.70. The highest BCUT2D eigenvalue weighted by Crippen LogP contribution is 2.43. The van der Waals surface area contributed by atoms with Crippen LogP contribution in [-0.2, 0) is 26.3 Å². The number of ether oxygens (including phenoxy) is 2. The van der Waals surface area contributed by atoms with E-state index in [-0.39, 0.29) is 24.8 Å². The second kappa shape index (κ2) is 9.38. The maximum absolute atomic E-state index is 14.0. The first kappa shape index (κ1) is 21.5. The molecule has 0 aromatic heterocycles. The SMILES string of the molecule is COC(C(=O)O[C@@H](CCC#N)Cc1ccccc1)(c1ccccc1)C(F)(F)F. The second-order valence-electron chi connectivity index (χ2n) is 6.16. The standard InChI is InChI=1S/C21H20F3NO3/c1-27-20(21(22,23)24,17-11-6-3-7-12-17)19(26)28-18(13-8-14-25)15-16-9-4-2-5-10-16/h2-7,9-12,18H,8,13,15H2,1H3/t18-,20?/m0/s1. The Kier molecular flexibility index (Phi) is 7.18. The van der Waals surface area contributed by atoms with Crippen LogP contribution in [0.5, 0.6) is 0 Å². The smallest absolute Gasteiger partial charge is 0.432 e. The molecule has 2 rings (SSSR count). The van der Waals surface area contributed by atoms with E-state index in [1.54, 1.807) is 30.3 Å². The highest BCUT2D eigenvalue weighted by Gasteiger charge is 2.64. The molecule has 0 heterocycles. The molecule has 0 saturated heterocycles. The Labute approximate surface area is 161 Å². The number of rotatable bonds is 8. The number of halogens is 3. The molecule has 28 heavy (non-hydrogen) atoms. The van der Waals surface area contributed by atoms with Crippen LogP contribution in [0.4, 0.5) is 13.2 Å². The molecule has 0 fully saturated rings. The Balaban J connectivity index is 2.35. The molecule has 1 unspecified atom stereocenters. The number of carbonyl (C=O) groups excluding carboxylic acids is 1. The molecule has 0 aliphatic heterocycles. The largest absolute Gasteiger partial charge is 0.459 e. The van der Waals surface area contributed by atoms with Crippen molar-refractivity contribution < 1.29 is 27.4 Å². The summed E-state index contributed by atoms with van der Waals surface area (Å²) in [7, 11) is 0.823. The van der Waals surface area contributed by atoms with Gasteiger partial charge in [0.05, 0.1) is 6.07 Å². The number of hydrogen-bond donors (Lipinski definition) is 0. The molecule has 4 nitrogen and oxygen atoms in total. The van der Waals surface area contributed by atoms with Gasteiger partial charge >= 0.3 is 12.1 Å². The van der Waals surface area contributed by atoms with Crippen molar-refractivity contribution in [1.82, 2.24) is 0 Å². The van der Waals surface area contributed by atoms with Crippen LogP contribution in [0.2, 0.25) is 0 Å². The first-order chi connectivity index (χ1) is 13.3. The minimum Gasteiger partial charge on any atom is -0.459 e. The lowest BCUT2D eigenvalue weighted by atomic mass is 9.92. The van der Waals surface area contributed by atoms with E-state index in [4.69, 9.17) is 14.7 Å². The van der Waals surface area contributed by atoms with Crippen LogP contribution in [0, 0.1) is 11.3 Å². The summed E-state index contributed by atoms with van der Waals surface area (Å²) in [6.07, 6.45) is -5.57. The Hall–Kier alpha value is -2.85. The van der Waals surface area contributed by atoms with Gasteiger partial charge in [0, 0.05) is 25.5 Å². The molecule has 0 N–H and O–H groups in total. The summed E-state index contributed by atoms with van der Waals surface area (Å²) in [5.41, 5.74) is -2.82. The summed E-state index contributed by atoms with van der Waals surface area (Å²) in [4.78, 5) is 12.8. The highest BCUT2D eigenvalue weighted by molar-refractivity contribution is 5.82. The van der Waals surface area contributed by atoms with E-state index in [0.29, 0.717) is 0 Å². The van der Waals surface area contributed by atoms with Gasteiger partial charge in [0.2, 0.25) is 0 Å². The quantitative estimate of drug-likeness (QED) is 0.620. The zero-order chi connectivity index (χ0) is 20.6. The van der Waals surface area contributed by atoms with Crippen LogP contribution in [0.3, 0.4) is 0 Å².